The van der Waals surface area contributed by atoms with Crippen LogP contribution in [-0.2, 0) is 14.3 Å². The second-order valence-electron chi connectivity index (χ2n) is 4.63. The van der Waals surface area contributed by atoms with Gasteiger partial charge in [0.05, 0.1) is 6.10 Å². The highest BCUT2D eigenvalue weighted by Crippen LogP contribution is 2.11. The lowest BCUT2D eigenvalue weighted by atomic mass is 10.0. The third-order valence-corrected chi connectivity index (χ3v) is 3.09. The van der Waals surface area contributed by atoms with Gasteiger partial charge in [-0.1, -0.05) is 6.92 Å². The summed E-state index contributed by atoms with van der Waals surface area (Å²) in [5, 5.41) is 2.83. The Morgan fingerprint density at radius 1 is 1.47 bits per heavy atom. The van der Waals surface area contributed by atoms with Crippen LogP contribution in [-0.4, -0.2) is 31.1 Å². The summed E-state index contributed by atoms with van der Waals surface area (Å²) in [4.78, 5) is 22.3. The van der Waals surface area contributed by atoms with Gasteiger partial charge < -0.3 is 15.8 Å². The molecule has 5 nitrogen and oxygen atoms in total. The molecule has 1 saturated heterocycles. The number of rotatable bonds is 6. The summed E-state index contributed by atoms with van der Waals surface area (Å²) in [5.74, 6) is -0.632. The van der Waals surface area contributed by atoms with E-state index in [0.29, 0.717) is 19.4 Å². The molecular formula is C12H22N2O3. The van der Waals surface area contributed by atoms with E-state index in [1.807, 2.05) is 0 Å². The Balaban J connectivity index is 2.10. The summed E-state index contributed by atoms with van der Waals surface area (Å²) in [7, 11) is 0. The number of carbonyl (C=O) groups is 2. The van der Waals surface area contributed by atoms with Crippen molar-refractivity contribution in [3.63, 3.8) is 0 Å². The van der Waals surface area contributed by atoms with E-state index in [0.717, 1.165) is 19.4 Å². The van der Waals surface area contributed by atoms with Crippen LogP contribution in [0.4, 0.5) is 0 Å². The second-order valence-corrected chi connectivity index (χ2v) is 4.63. The molecule has 1 unspecified atom stereocenters. The Kier molecular flexibility index (Phi) is 5.97. The van der Waals surface area contributed by atoms with Gasteiger partial charge in [0.15, 0.2) is 0 Å². The fraction of sp³-hybridized carbons (Fsp3) is 0.833. The van der Waals surface area contributed by atoms with E-state index in [4.69, 9.17) is 10.5 Å². The average molecular weight is 242 g/mol. The topological polar surface area (TPSA) is 81.4 Å². The highest BCUT2D eigenvalue weighted by Gasteiger charge is 2.15. The first kappa shape index (κ1) is 14.0. The molecule has 98 valence electrons. The first-order valence-electron chi connectivity index (χ1n) is 6.27. The summed E-state index contributed by atoms with van der Waals surface area (Å²) in [6.45, 7) is 3.10. The van der Waals surface area contributed by atoms with Crippen molar-refractivity contribution >= 4 is 11.8 Å². The van der Waals surface area contributed by atoms with Crippen molar-refractivity contribution in [3.8, 4) is 0 Å². The Hall–Kier alpha value is -1.10. The van der Waals surface area contributed by atoms with E-state index in [9.17, 15) is 9.59 Å². The lowest BCUT2D eigenvalue weighted by molar-refractivity contribution is -0.123. The zero-order chi connectivity index (χ0) is 12.7. The van der Waals surface area contributed by atoms with Gasteiger partial charge in [-0.25, -0.2) is 0 Å². The number of nitrogens with two attached hydrogens (primary N) is 1. The molecule has 2 amide bonds. The molecule has 0 saturated carbocycles. The van der Waals surface area contributed by atoms with Crippen LogP contribution in [0, 0.1) is 5.92 Å². The van der Waals surface area contributed by atoms with Gasteiger partial charge in [-0.15, -0.1) is 0 Å². The van der Waals surface area contributed by atoms with Crippen LogP contribution in [0.5, 0.6) is 0 Å². The molecule has 0 spiro atoms. The Bertz CT molecular complexity index is 262. The van der Waals surface area contributed by atoms with E-state index in [2.05, 4.69) is 5.32 Å². The summed E-state index contributed by atoms with van der Waals surface area (Å²) < 4.78 is 5.50. The normalized spacial score (nSPS) is 21.8. The molecule has 1 rings (SSSR count). The van der Waals surface area contributed by atoms with Gasteiger partial charge in [-0.3, -0.25) is 9.59 Å². The first-order chi connectivity index (χ1) is 8.09. The largest absolute Gasteiger partial charge is 0.376 e. The minimum absolute atomic E-state index is 0.0349. The molecule has 5 heteroatoms. The van der Waals surface area contributed by atoms with Crippen molar-refractivity contribution < 1.29 is 14.3 Å². The van der Waals surface area contributed by atoms with Gasteiger partial charge in [-0.2, -0.15) is 0 Å². The molecule has 0 aromatic rings. The number of amides is 2. The zero-order valence-corrected chi connectivity index (χ0v) is 10.4. The van der Waals surface area contributed by atoms with Crippen LogP contribution in [0.15, 0.2) is 0 Å². The molecule has 1 heterocycles. The molecule has 0 aromatic carbocycles. The van der Waals surface area contributed by atoms with Gasteiger partial charge in [-0.05, 0) is 25.7 Å². The number of hydrogen-bond donors (Lipinski definition) is 2. The minimum Gasteiger partial charge on any atom is -0.376 e. The molecule has 2 atom stereocenters. The summed E-state index contributed by atoms with van der Waals surface area (Å²) in [6.07, 6.45) is 4.29. The number of hydrogen-bond acceptors (Lipinski definition) is 3. The van der Waals surface area contributed by atoms with Crippen LogP contribution in [0.3, 0.4) is 0 Å². The zero-order valence-electron chi connectivity index (χ0n) is 10.4. The molecule has 0 radical (unpaired) electrons. The molecule has 0 aromatic heterocycles. The lowest BCUT2D eigenvalue weighted by Gasteiger charge is -2.22. The highest BCUT2D eigenvalue weighted by molar-refractivity contribution is 5.79. The maximum absolute atomic E-state index is 11.5. The van der Waals surface area contributed by atoms with Gasteiger partial charge >= 0.3 is 0 Å². The summed E-state index contributed by atoms with van der Waals surface area (Å²) in [6, 6.07) is 0. The second kappa shape index (κ2) is 7.27. The SMILES string of the molecule is CC(CCC(=O)NC[C@@H]1CCCCO1)C(N)=O. The molecule has 0 aliphatic carbocycles. The van der Waals surface area contributed by atoms with E-state index >= 15 is 0 Å². The summed E-state index contributed by atoms with van der Waals surface area (Å²) in [5.41, 5.74) is 5.12. The maximum Gasteiger partial charge on any atom is 0.220 e. The predicted molar refractivity (Wildman–Crippen MR) is 64.2 cm³/mol. The van der Waals surface area contributed by atoms with E-state index < -0.39 is 0 Å². The Labute approximate surface area is 102 Å². The minimum atomic E-state index is -0.353. The highest BCUT2D eigenvalue weighted by atomic mass is 16.5. The number of ether oxygens (including phenoxy) is 1. The Morgan fingerprint density at radius 3 is 2.82 bits per heavy atom. The van der Waals surface area contributed by atoms with E-state index in [1.54, 1.807) is 6.92 Å². The molecule has 1 aliphatic heterocycles. The van der Waals surface area contributed by atoms with Gasteiger partial charge in [0.2, 0.25) is 11.8 Å². The molecule has 0 bridgehead atoms. The van der Waals surface area contributed by atoms with Crippen molar-refractivity contribution in [2.45, 2.75) is 45.1 Å². The molecule has 1 fully saturated rings. The lowest BCUT2D eigenvalue weighted by Crippen LogP contribution is -2.35. The standard InChI is InChI=1S/C12H22N2O3/c1-9(12(13)16)5-6-11(15)14-8-10-4-2-3-7-17-10/h9-10H,2-8H2,1H3,(H2,13,16)(H,14,15)/t9?,10-/m0/s1. The smallest absolute Gasteiger partial charge is 0.220 e. The van der Waals surface area contributed by atoms with Crippen molar-refractivity contribution in [2.75, 3.05) is 13.2 Å². The Morgan fingerprint density at radius 2 is 2.24 bits per heavy atom. The van der Waals surface area contributed by atoms with Crippen molar-refractivity contribution in [3.05, 3.63) is 0 Å². The van der Waals surface area contributed by atoms with Crippen LogP contribution in [0.2, 0.25) is 0 Å². The van der Waals surface area contributed by atoms with Crippen molar-refractivity contribution in [1.29, 1.82) is 0 Å². The number of primary amides is 1. The third-order valence-electron chi connectivity index (χ3n) is 3.09. The van der Waals surface area contributed by atoms with Gasteiger partial charge in [0, 0.05) is 25.5 Å². The predicted octanol–water partition coefficient (Wildman–Crippen LogP) is 0.573. The maximum atomic E-state index is 11.5. The van der Waals surface area contributed by atoms with Gasteiger partial charge in [0.1, 0.15) is 0 Å². The average Bonchev–Trinajstić information content (AvgIpc) is 2.34. The summed E-state index contributed by atoms with van der Waals surface area (Å²) >= 11 is 0. The first-order valence-corrected chi connectivity index (χ1v) is 6.27. The third kappa shape index (κ3) is 5.68. The van der Waals surface area contributed by atoms with Crippen LogP contribution in [0.25, 0.3) is 0 Å². The van der Waals surface area contributed by atoms with Crippen LogP contribution < -0.4 is 11.1 Å². The van der Waals surface area contributed by atoms with Crippen LogP contribution in [0.1, 0.15) is 39.0 Å². The van der Waals surface area contributed by atoms with Gasteiger partial charge in [0.25, 0.3) is 0 Å². The number of nitrogens with one attached hydrogen (secondary N) is 1. The quantitative estimate of drug-likeness (QED) is 0.714. The molecule has 3 N–H and O–H groups in total. The monoisotopic (exact) mass is 242 g/mol. The fourth-order valence-corrected chi connectivity index (χ4v) is 1.77. The van der Waals surface area contributed by atoms with Crippen molar-refractivity contribution in [1.82, 2.24) is 5.32 Å². The fourth-order valence-electron chi connectivity index (χ4n) is 1.77. The molecular weight excluding hydrogens is 220 g/mol. The number of carbonyl (C=O) groups excluding carboxylic acids is 2. The van der Waals surface area contributed by atoms with Crippen LogP contribution >= 0.6 is 0 Å². The van der Waals surface area contributed by atoms with Crippen molar-refractivity contribution in [2.24, 2.45) is 11.7 Å². The molecule has 17 heavy (non-hydrogen) atoms. The van der Waals surface area contributed by atoms with E-state index in [-0.39, 0.29) is 23.8 Å². The van der Waals surface area contributed by atoms with E-state index in [1.165, 1.54) is 6.42 Å². The molecule has 1 aliphatic rings.